The highest BCUT2D eigenvalue weighted by Crippen LogP contribution is 2.47. The lowest BCUT2D eigenvalue weighted by Crippen LogP contribution is -2.33. The maximum Gasteiger partial charge on any atom is 0.163 e. The molecule has 1 heterocycles. The van der Waals surface area contributed by atoms with Gasteiger partial charge in [-0.15, -0.1) is 0 Å². The highest BCUT2D eigenvalue weighted by atomic mass is 16.3. The van der Waals surface area contributed by atoms with Gasteiger partial charge in [0.2, 0.25) is 0 Å². The molecule has 0 aromatic carbocycles. The first-order valence-electron chi connectivity index (χ1n) is 9.29. The number of aliphatic hydroxyl groups excluding tert-OH is 2. The van der Waals surface area contributed by atoms with Crippen LogP contribution in [0.1, 0.15) is 64.9 Å². The van der Waals surface area contributed by atoms with Crippen LogP contribution in [0.15, 0.2) is 35.1 Å². The summed E-state index contributed by atoms with van der Waals surface area (Å²) in [5.41, 5.74) is 0.397. The SMILES string of the molecule is Cn1cc(C(C2=C(O)CC(C)(C)CC2=O)C2=C(O)CC(C)(C)CC2=O)cn1. The highest BCUT2D eigenvalue weighted by Gasteiger charge is 2.43. The number of carbonyl (C=O) groups excluding carboxylic acids is 2. The maximum absolute atomic E-state index is 13.0. The van der Waals surface area contributed by atoms with E-state index in [0.717, 1.165) is 0 Å². The van der Waals surface area contributed by atoms with Crippen LogP contribution in [0.25, 0.3) is 0 Å². The standard InChI is InChI=1S/C21H28N2O4/c1-20(2)6-13(24)18(14(25)7-20)17(12-10-22-23(5)11-12)19-15(26)8-21(3,4)9-16(19)27/h10-11,17,24,26H,6-9H2,1-5H3. The van der Waals surface area contributed by atoms with Gasteiger partial charge >= 0.3 is 0 Å². The molecule has 0 aliphatic heterocycles. The van der Waals surface area contributed by atoms with Crippen LogP contribution in [0, 0.1) is 10.8 Å². The van der Waals surface area contributed by atoms with Gasteiger partial charge in [-0.2, -0.15) is 5.10 Å². The predicted molar refractivity (Wildman–Crippen MR) is 101 cm³/mol. The smallest absolute Gasteiger partial charge is 0.163 e. The minimum Gasteiger partial charge on any atom is -0.512 e. The number of ketones is 2. The topological polar surface area (TPSA) is 92.4 Å². The van der Waals surface area contributed by atoms with Crippen molar-refractivity contribution in [3.05, 3.63) is 40.6 Å². The van der Waals surface area contributed by atoms with Crippen molar-refractivity contribution in [3.8, 4) is 0 Å². The van der Waals surface area contributed by atoms with E-state index in [1.807, 2.05) is 27.7 Å². The van der Waals surface area contributed by atoms with Crippen LogP contribution in [0.3, 0.4) is 0 Å². The molecule has 0 atom stereocenters. The first-order chi connectivity index (χ1) is 12.4. The molecule has 2 N–H and O–H groups in total. The lowest BCUT2D eigenvalue weighted by atomic mass is 9.67. The van der Waals surface area contributed by atoms with E-state index in [9.17, 15) is 19.8 Å². The fraction of sp³-hybridized carbons (Fsp3) is 0.571. The summed E-state index contributed by atoms with van der Waals surface area (Å²) in [6.45, 7) is 7.73. The fourth-order valence-electron chi connectivity index (χ4n) is 4.33. The van der Waals surface area contributed by atoms with Gasteiger partial charge in [0.15, 0.2) is 11.6 Å². The normalized spacial score (nSPS) is 22.7. The van der Waals surface area contributed by atoms with Crippen molar-refractivity contribution in [1.29, 1.82) is 0 Å². The van der Waals surface area contributed by atoms with Crippen LogP contribution in [0.2, 0.25) is 0 Å². The van der Waals surface area contributed by atoms with Crippen molar-refractivity contribution in [1.82, 2.24) is 9.78 Å². The molecule has 0 unspecified atom stereocenters. The number of hydrogen-bond acceptors (Lipinski definition) is 5. The highest BCUT2D eigenvalue weighted by molar-refractivity contribution is 6.05. The summed E-state index contributed by atoms with van der Waals surface area (Å²) in [5, 5.41) is 25.6. The second kappa shape index (κ2) is 6.36. The third-order valence-electron chi connectivity index (χ3n) is 5.43. The summed E-state index contributed by atoms with van der Waals surface area (Å²) in [7, 11) is 1.75. The number of aliphatic hydroxyl groups is 2. The summed E-state index contributed by atoms with van der Waals surface area (Å²) in [4.78, 5) is 25.9. The average Bonchev–Trinajstić information content (AvgIpc) is 2.87. The molecule has 0 saturated heterocycles. The predicted octanol–water partition coefficient (Wildman–Crippen LogP) is 3.91. The quantitative estimate of drug-likeness (QED) is 0.839. The Kier molecular flexibility index (Phi) is 4.57. The van der Waals surface area contributed by atoms with Gasteiger partial charge in [-0.05, 0) is 10.8 Å². The van der Waals surface area contributed by atoms with Gasteiger partial charge in [0, 0.05) is 55.6 Å². The monoisotopic (exact) mass is 372 g/mol. The molecule has 1 aromatic rings. The molecule has 0 bridgehead atoms. The number of carbonyl (C=O) groups is 2. The van der Waals surface area contributed by atoms with Gasteiger partial charge in [-0.3, -0.25) is 14.3 Å². The molecule has 3 rings (SSSR count). The maximum atomic E-state index is 13.0. The van der Waals surface area contributed by atoms with Crippen LogP contribution in [0.4, 0.5) is 0 Å². The lowest BCUT2D eigenvalue weighted by Gasteiger charge is -2.36. The molecule has 0 spiro atoms. The van der Waals surface area contributed by atoms with Gasteiger partial charge < -0.3 is 10.2 Å². The minimum atomic E-state index is -0.786. The number of nitrogens with zero attached hydrogens (tertiary/aromatic N) is 2. The van der Waals surface area contributed by atoms with Gasteiger partial charge in [0.1, 0.15) is 11.5 Å². The molecule has 0 saturated carbocycles. The molecule has 6 nitrogen and oxygen atoms in total. The molecule has 1 aromatic heterocycles. The Balaban J connectivity index is 2.20. The molecule has 0 fully saturated rings. The van der Waals surface area contributed by atoms with Crippen LogP contribution >= 0.6 is 0 Å². The van der Waals surface area contributed by atoms with E-state index in [1.165, 1.54) is 0 Å². The van der Waals surface area contributed by atoms with E-state index in [0.29, 0.717) is 18.4 Å². The van der Waals surface area contributed by atoms with Crippen LogP contribution in [-0.2, 0) is 16.6 Å². The molecule has 2 aliphatic carbocycles. The van der Waals surface area contributed by atoms with Gasteiger partial charge in [0.05, 0.1) is 12.1 Å². The third-order valence-corrected chi connectivity index (χ3v) is 5.43. The first kappa shape index (κ1) is 19.4. The Morgan fingerprint density at radius 1 is 0.926 bits per heavy atom. The molecule has 0 radical (unpaired) electrons. The Hall–Kier alpha value is -2.37. The van der Waals surface area contributed by atoms with E-state index in [1.54, 1.807) is 24.1 Å². The molecule has 2 aliphatic rings. The zero-order valence-corrected chi connectivity index (χ0v) is 16.7. The van der Waals surface area contributed by atoms with Crippen molar-refractivity contribution in [2.24, 2.45) is 17.9 Å². The van der Waals surface area contributed by atoms with Crippen molar-refractivity contribution in [2.75, 3.05) is 0 Å². The van der Waals surface area contributed by atoms with Gasteiger partial charge in [-0.25, -0.2) is 0 Å². The van der Waals surface area contributed by atoms with E-state index in [2.05, 4.69) is 5.10 Å². The van der Waals surface area contributed by atoms with Gasteiger partial charge in [-0.1, -0.05) is 27.7 Å². The van der Waals surface area contributed by atoms with Crippen LogP contribution in [-0.4, -0.2) is 31.6 Å². The second-order valence-corrected chi connectivity index (χ2v) is 9.48. The summed E-state index contributed by atoms with van der Waals surface area (Å²) in [6, 6.07) is 0. The Labute approximate surface area is 159 Å². The molecule has 0 amide bonds. The number of aromatic nitrogens is 2. The van der Waals surface area contributed by atoms with Crippen molar-refractivity contribution < 1.29 is 19.8 Å². The van der Waals surface area contributed by atoms with Crippen molar-refractivity contribution >= 4 is 11.6 Å². The van der Waals surface area contributed by atoms with Gasteiger partial charge in [0.25, 0.3) is 0 Å². The van der Waals surface area contributed by atoms with E-state index in [4.69, 9.17) is 0 Å². The Bertz CT molecular complexity index is 818. The zero-order chi connectivity index (χ0) is 20.1. The van der Waals surface area contributed by atoms with E-state index in [-0.39, 0.29) is 57.9 Å². The van der Waals surface area contributed by atoms with Crippen LogP contribution in [0.5, 0.6) is 0 Å². The number of aryl methyl sites for hydroxylation is 1. The number of allylic oxidation sites excluding steroid dienone is 4. The summed E-state index contributed by atoms with van der Waals surface area (Å²) in [6.07, 6.45) is 4.61. The zero-order valence-electron chi connectivity index (χ0n) is 16.7. The molecular formula is C21H28N2O4. The fourth-order valence-corrected chi connectivity index (χ4v) is 4.33. The minimum absolute atomic E-state index is 0.00281. The third kappa shape index (κ3) is 3.70. The number of Topliss-reactive ketones (excluding diaryl/α,β-unsaturated/α-hetero) is 2. The van der Waals surface area contributed by atoms with Crippen molar-refractivity contribution in [3.63, 3.8) is 0 Å². The molecule has 27 heavy (non-hydrogen) atoms. The molecular weight excluding hydrogens is 344 g/mol. The average molecular weight is 372 g/mol. The summed E-state index contributed by atoms with van der Waals surface area (Å²) >= 11 is 0. The molecule has 6 heteroatoms. The number of rotatable bonds is 3. The van der Waals surface area contributed by atoms with E-state index < -0.39 is 5.92 Å². The van der Waals surface area contributed by atoms with E-state index >= 15 is 0 Å². The molecule has 146 valence electrons. The van der Waals surface area contributed by atoms with Crippen molar-refractivity contribution in [2.45, 2.75) is 59.3 Å². The second-order valence-electron chi connectivity index (χ2n) is 9.48. The Morgan fingerprint density at radius 2 is 1.37 bits per heavy atom. The van der Waals surface area contributed by atoms with Crippen LogP contribution < -0.4 is 0 Å². The summed E-state index contributed by atoms with van der Waals surface area (Å²) in [5.74, 6) is -1.15. The number of hydrogen-bond donors (Lipinski definition) is 2. The first-order valence-corrected chi connectivity index (χ1v) is 9.29. The summed E-state index contributed by atoms with van der Waals surface area (Å²) < 4.78 is 1.59. The lowest BCUT2D eigenvalue weighted by molar-refractivity contribution is -0.119. The largest absolute Gasteiger partial charge is 0.512 e. The Morgan fingerprint density at radius 3 is 1.70 bits per heavy atom.